The van der Waals surface area contributed by atoms with Crippen molar-refractivity contribution in [2.45, 2.75) is 39.5 Å². The highest BCUT2D eigenvalue weighted by molar-refractivity contribution is 6.07. The first-order valence-electron chi connectivity index (χ1n) is 13.3. The van der Waals surface area contributed by atoms with Crippen LogP contribution in [-0.2, 0) is 21.4 Å². The number of hydrogen-bond acceptors (Lipinski definition) is 4. The summed E-state index contributed by atoms with van der Waals surface area (Å²) in [6.45, 7) is 10.7. The maximum Gasteiger partial charge on any atom is 0.324 e. The lowest BCUT2D eigenvalue weighted by Crippen LogP contribution is -2.41. The fourth-order valence-corrected chi connectivity index (χ4v) is 4.70. The Kier molecular flexibility index (Phi) is 7.39. The van der Waals surface area contributed by atoms with Gasteiger partial charge >= 0.3 is 6.03 Å². The number of hydrogen-bond donors (Lipinski definition) is 2. The molecule has 0 atom stereocenters. The number of benzene rings is 3. The molecule has 3 aromatic carbocycles. The van der Waals surface area contributed by atoms with E-state index in [1.807, 2.05) is 78.6 Å². The number of amides is 3. The molecule has 8 heteroatoms. The van der Waals surface area contributed by atoms with E-state index >= 15 is 0 Å². The van der Waals surface area contributed by atoms with Gasteiger partial charge in [0.05, 0.1) is 36.7 Å². The van der Waals surface area contributed by atoms with E-state index in [2.05, 4.69) is 31.4 Å². The van der Waals surface area contributed by atoms with Gasteiger partial charge in [0.15, 0.2) is 0 Å². The Morgan fingerprint density at radius 1 is 0.923 bits per heavy atom. The van der Waals surface area contributed by atoms with Crippen LogP contribution in [0.15, 0.2) is 66.7 Å². The smallest absolute Gasteiger partial charge is 0.324 e. The average molecular weight is 526 g/mol. The third-order valence-electron chi connectivity index (χ3n) is 6.97. The molecular formula is C31H35N5O3. The largest absolute Gasteiger partial charge is 0.378 e. The number of fused-ring (bicyclic) bond motifs is 1. The number of ether oxygens (including phenoxy) is 1. The second-order valence-corrected chi connectivity index (χ2v) is 11.0. The van der Waals surface area contributed by atoms with Crippen molar-refractivity contribution in [1.29, 1.82) is 0 Å². The van der Waals surface area contributed by atoms with E-state index in [9.17, 15) is 9.59 Å². The van der Waals surface area contributed by atoms with Crippen LogP contribution in [0.4, 0.5) is 16.3 Å². The van der Waals surface area contributed by atoms with Crippen LogP contribution < -0.4 is 10.6 Å². The number of nitrogens with one attached hydrogen (secondary N) is 2. The van der Waals surface area contributed by atoms with Crippen LogP contribution in [0.25, 0.3) is 16.5 Å². The molecule has 0 saturated carbocycles. The summed E-state index contributed by atoms with van der Waals surface area (Å²) in [6, 6.07) is 21.2. The van der Waals surface area contributed by atoms with Crippen molar-refractivity contribution in [3.8, 4) is 5.69 Å². The minimum absolute atomic E-state index is 0.0842. The molecule has 0 spiro atoms. The Bertz CT molecular complexity index is 1500. The summed E-state index contributed by atoms with van der Waals surface area (Å²) in [4.78, 5) is 28.0. The van der Waals surface area contributed by atoms with Crippen molar-refractivity contribution >= 4 is 34.2 Å². The van der Waals surface area contributed by atoms with Crippen LogP contribution in [0, 0.1) is 6.92 Å². The number of aromatic nitrogens is 2. The molecule has 0 unspecified atom stereocenters. The monoisotopic (exact) mass is 525 g/mol. The van der Waals surface area contributed by atoms with Gasteiger partial charge in [0.2, 0.25) is 5.91 Å². The van der Waals surface area contributed by atoms with Crippen LogP contribution in [0.2, 0.25) is 0 Å². The van der Waals surface area contributed by atoms with Crippen LogP contribution in [0.3, 0.4) is 0 Å². The van der Waals surface area contributed by atoms with E-state index in [0.717, 1.165) is 33.3 Å². The Morgan fingerprint density at radius 3 is 2.31 bits per heavy atom. The summed E-state index contributed by atoms with van der Waals surface area (Å²) in [6.07, 6.45) is 0.304. The van der Waals surface area contributed by atoms with Crippen LogP contribution in [-0.4, -0.2) is 52.9 Å². The lowest BCUT2D eigenvalue weighted by atomic mass is 9.92. The third-order valence-corrected chi connectivity index (χ3v) is 6.97. The van der Waals surface area contributed by atoms with Gasteiger partial charge in [-0.1, -0.05) is 68.8 Å². The fourth-order valence-electron chi connectivity index (χ4n) is 4.70. The predicted molar refractivity (Wildman–Crippen MR) is 155 cm³/mol. The Balaban J connectivity index is 1.39. The zero-order chi connectivity index (χ0) is 27.6. The Hall–Kier alpha value is -4.17. The highest BCUT2D eigenvalue weighted by Crippen LogP contribution is 2.29. The van der Waals surface area contributed by atoms with Gasteiger partial charge in [0.1, 0.15) is 5.82 Å². The van der Waals surface area contributed by atoms with Gasteiger partial charge in [-0.2, -0.15) is 5.10 Å². The first-order valence-corrected chi connectivity index (χ1v) is 13.3. The topological polar surface area (TPSA) is 88.5 Å². The van der Waals surface area contributed by atoms with Crippen LogP contribution in [0.5, 0.6) is 0 Å². The second-order valence-electron chi connectivity index (χ2n) is 11.0. The molecule has 4 aromatic rings. The van der Waals surface area contributed by atoms with Crippen molar-refractivity contribution in [2.24, 2.45) is 0 Å². The van der Waals surface area contributed by atoms with Gasteiger partial charge in [0.25, 0.3) is 0 Å². The fraction of sp³-hybridized carbons (Fsp3) is 0.323. The molecule has 1 aliphatic heterocycles. The van der Waals surface area contributed by atoms with Crippen molar-refractivity contribution in [1.82, 2.24) is 14.7 Å². The van der Waals surface area contributed by atoms with Crippen molar-refractivity contribution in [3.63, 3.8) is 0 Å². The van der Waals surface area contributed by atoms with E-state index in [1.165, 1.54) is 0 Å². The minimum atomic E-state index is -0.369. The average Bonchev–Trinajstić information content (AvgIpc) is 3.35. The summed E-state index contributed by atoms with van der Waals surface area (Å²) in [5, 5.41) is 12.6. The summed E-state index contributed by atoms with van der Waals surface area (Å²) in [5.41, 5.74) is 4.30. The molecule has 1 aliphatic rings. The zero-order valence-electron chi connectivity index (χ0n) is 23.0. The van der Waals surface area contributed by atoms with Crippen molar-refractivity contribution in [2.75, 3.05) is 36.9 Å². The summed E-state index contributed by atoms with van der Waals surface area (Å²) >= 11 is 0. The highest BCUT2D eigenvalue weighted by Gasteiger charge is 2.22. The first-order chi connectivity index (χ1) is 18.7. The summed E-state index contributed by atoms with van der Waals surface area (Å²) in [5.74, 6) is 0.666. The minimum Gasteiger partial charge on any atom is -0.378 e. The maximum atomic E-state index is 13.3. The molecule has 202 valence electrons. The standard InChI is InChI=1S/C31H35N5O3/c1-21-9-12-23(13-10-21)36-28(20-27(34-36)31(2,3)4)33-30(38)32-26-14-11-22(24-7-5-6-8-25(24)26)19-29(37)35-15-17-39-18-16-35/h5-14,20H,15-19H2,1-4H3,(H2,32,33,38). The number of morpholine rings is 1. The van der Waals surface area contributed by atoms with Crippen LogP contribution >= 0.6 is 0 Å². The van der Waals surface area contributed by atoms with Gasteiger partial charge in [0, 0.05) is 30.0 Å². The normalized spacial score (nSPS) is 13.9. The van der Waals surface area contributed by atoms with E-state index in [0.29, 0.717) is 44.2 Å². The number of aryl methyl sites for hydroxylation is 1. The lowest BCUT2D eigenvalue weighted by Gasteiger charge is -2.27. The van der Waals surface area contributed by atoms with E-state index in [4.69, 9.17) is 9.84 Å². The third kappa shape index (κ3) is 5.96. The number of urea groups is 1. The molecule has 3 amide bonds. The van der Waals surface area contributed by atoms with E-state index in [1.54, 1.807) is 4.68 Å². The molecule has 2 N–H and O–H groups in total. The van der Waals surface area contributed by atoms with E-state index < -0.39 is 0 Å². The lowest BCUT2D eigenvalue weighted by molar-refractivity contribution is -0.134. The second kappa shape index (κ2) is 10.9. The van der Waals surface area contributed by atoms with Gasteiger partial charge in [-0.05, 0) is 36.1 Å². The molecule has 39 heavy (non-hydrogen) atoms. The van der Waals surface area contributed by atoms with Gasteiger partial charge in [-0.25, -0.2) is 9.48 Å². The van der Waals surface area contributed by atoms with Gasteiger partial charge in [-0.15, -0.1) is 0 Å². The first kappa shape index (κ1) is 26.4. The van der Waals surface area contributed by atoms with Crippen LogP contribution in [0.1, 0.15) is 37.6 Å². The van der Waals surface area contributed by atoms with Gasteiger partial charge in [-0.3, -0.25) is 10.1 Å². The molecule has 1 saturated heterocycles. The highest BCUT2D eigenvalue weighted by atomic mass is 16.5. The van der Waals surface area contributed by atoms with Crippen molar-refractivity contribution in [3.05, 3.63) is 83.6 Å². The molecule has 0 bridgehead atoms. The Morgan fingerprint density at radius 2 is 1.62 bits per heavy atom. The number of nitrogens with zero attached hydrogens (tertiary/aromatic N) is 3. The quantitative estimate of drug-likeness (QED) is 0.351. The molecule has 5 rings (SSSR count). The molecule has 1 aromatic heterocycles. The van der Waals surface area contributed by atoms with Gasteiger partial charge < -0.3 is 15.0 Å². The molecule has 8 nitrogen and oxygen atoms in total. The molecule has 0 aliphatic carbocycles. The molecule has 1 fully saturated rings. The number of rotatable bonds is 5. The summed E-state index contributed by atoms with van der Waals surface area (Å²) in [7, 11) is 0. The summed E-state index contributed by atoms with van der Waals surface area (Å²) < 4.78 is 7.14. The molecule has 0 radical (unpaired) electrons. The SMILES string of the molecule is Cc1ccc(-n2nc(C(C)(C)C)cc2NC(=O)Nc2ccc(CC(=O)N3CCOCC3)c3ccccc23)cc1. The predicted octanol–water partition coefficient (Wildman–Crippen LogP) is 5.68. The number of carbonyl (C=O) groups is 2. The Labute approximate surface area is 229 Å². The zero-order valence-corrected chi connectivity index (χ0v) is 23.0. The van der Waals surface area contributed by atoms with E-state index in [-0.39, 0.29) is 17.4 Å². The maximum absolute atomic E-state index is 13.3. The molecule has 2 heterocycles. The number of anilines is 2. The van der Waals surface area contributed by atoms with Crippen molar-refractivity contribution < 1.29 is 14.3 Å². The number of carbonyl (C=O) groups excluding carboxylic acids is 2. The molecular weight excluding hydrogens is 490 g/mol.